The molecule has 0 radical (unpaired) electrons. The standard InChI is InChI=1S/C18H26N2O2.2HI/c1-3-21-17-9-7-13-19(15-17)11-5-6-12-20-14-8-10-18(16-20)22-4-2;;/h7-10,13-16H,3-6,11-12H2,1-2H3;2*1H/q+2;;/p-2. The van der Waals surface area contributed by atoms with Gasteiger partial charge < -0.3 is 57.4 Å². The van der Waals surface area contributed by atoms with E-state index in [9.17, 15) is 0 Å². The average Bonchev–Trinajstić information content (AvgIpc) is 2.53. The second-order valence-electron chi connectivity index (χ2n) is 5.13. The number of aryl methyl sites for hydroxylation is 2. The van der Waals surface area contributed by atoms with Crippen molar-refractivity contribution in [2.24, 2.45) is 0 Å². The van der Waals surface area contributed by atoms with Crippen molar-refractivity contribution in [1.82, 2.24) is 0 Å². The second-order valence-corrected chi connectivity index (χ2v) is 5.13. The Morgan fingerprint density at radius 1 is 0.750 bits per heavy atom. The van der Waals surface area contributed by atoms with Crippen LogP contribution in [0.15, 0.2) is 49.1 Å². The summed E-state index contributed by atoms with van der Waals surface area (Å²) in [5, 5.41) is 0. The minimum absolute atomic E-state index is 0. The quantitative estimate of drug-likeness (QED) is 0.183. The fourth-order valence-corrected chi connectivity index (χ4v) is 2.37. The van der Waals surface area contributed by atoms with Gasteiger partial charge in [0.1, 0.15) is 13.1 Å². The largest absolute Gasteiger partial charge is 1.00 e. The number of hydrogen-bond acceptors (Lipinski definition) is 2. The summed E-state index contributed by atoms with van der Waals surface area (Å²) >= 11 is 0. The number of pyridine rings is 2. The minimum atomic E-state index is 0. The van der Waals surface area contributed by atoms with Gasteiger partial charge in [-0.1, -0.05) is 0 Å². The van der Waals surface area contributed by atoms with E-state index in [4.69, 9.17) is 9.47 Å². The summed E-state index contributed by atoms with van der Waals surface area (Å²) in [6.07, 6.45) is 10.6. The molecule has 4 nitrogen and oxygen atoms in total. The summed E-state index contributed by atoms with van der Waals surface area (Å²) in [6.45, 7) is 7.43. The summed E-state index contributed by atoms with van der Waals surface area (Å²) in [5.74, 6) is 1.87. The van der Waals surface area contributed by atoms with Crippen LogP contribution in [-0.2, 0) is 13.1 Å². The number of nitrogens with zero attached hydrogens (tertiary/aromatic N) is 2. The Kier molecular flexibility index (Phi) is 13.3. The maximum Gasteiger partial charge on any atom is 0.211 e. The Morgan fingerprint density at radius 3 is 1.54 bits per heavy atom. The van der Waals surface area contributed by atoms with Crippen molar-refractivity contribution in [3.05, 3.63) is 49.1 Å². The van der Waals surface area contributed by atoms with Crippen LogP contribution in [0.25, 0.3) is 0 Å². The van der Waals surface area contributed by atoms with E-state index in [2.05, 4.69) is 33.9 Å². The van der Waals surface area contributed by atoms with E-state index in [1.54, 1.807) is 0 Å². The van der Waals surface area contributed by atoms with Crippen molar-refractivity contribution in [2.45, 2.75) is 39.8 Å². The predicted octanol–water partition coefficient (Wildman–Crippen LogP) is -3.45. The molecule has 0 aliphatic rings. The molecule has 0 N–H and O–H groups in total. The SMILES string of the molecule is CCOc1ccc[n+](CCCC[n+]2cccc(OCC)c2)c1.[I-].[I-]. The smallest absolute Gasteiger partial charge is 0.211 e. The van der Waals surface area contributed by atoms with Crippen molar-refractivity contribution in [1.29, 1.82) is 0 Å². The lowest BCUT2D eigenvalue weighted by Crippen LogP contribution is -3.00. The Bertz CT molecular complexity index is 531. The fraction of sp³-hybridized carbons (Fsp3) is 0.444. The highest BCUT2D eigenvalue weighted by Gasteiger charge is 2.06. The zero-order valence-corrected chi connectivity index (χ0v) is 18.6. The molecule has 2 heterocycles. The van der Waals surface area contributed by atoms with Gasteiger partial charge in [0, 0.05) is 25.0 Å². The van der Waals surface area contributed by atoms with Gasteiger partial charge in [-0.2, -0.15) is 0 Å². The molecule has 0 bridgehead atoms. The second kappa shape index (κ2) is 13.6. The molecule has 6 heteroatoms. The van der Waals surface area contributed by atoms with E-state index in [0.29, 0.717) is 13.2 Å². The van der Waals surface area contributed by atoms with Crippen LogP contribution in [0.5, 0.6) is 11.5 Å². The first kappa shape index (κ1) is 23.4. The topological polar surface area (TPSA) is 26.2 Å². The van der Waals surface area contributed by atoms with Gasteiger partial charge in [0.05, 0.1) is 13.2 Å². The van der Waals surface area contributed by atoms with E-state index >= 15 is 0 Å². The van der Waals surface area contributed by atoms with Gasteiger partial charge >= 0.3 is 0 Å². The summed E-state index contributed by atoms with van der Waals surface area (Å²) in [5.41, 5.74) is 0. The Labute approximate surface area is 179 Å². The molecule has 0 saturated heterocycles. The Morgan fingerprint density at radius 2 is 1.17 bits per heavy atom. The van der Waals surface area contributed by atoms with E-state index in [1.165, 1.54) is 0 Å². The van der Waals surface area contributed by atoms with Gasteiger partial charge in [-0.05, 0) is 26.0 Å². The van der Waals surface area contributed by atoms with Crippen LogP contribution < -0.4 is 66.6 Å². The minimum Gasteiger partial charge on any atom is -1.00 e. The highest BCUT2D eigenvalue weighted by molar-refractivity contribution is 5.12. The van der Waals surface area contributed by atoms with Crippen molar-refractivity contribution in [3.63, 3.8) is 0 Å². The molecule has 0 aliphatic heterocycles. The van der Waals surface area contributed by atoms with Gasteiger partial charge in [-0.15, -0.1) is 0 Å². The third-order valence-corrected chi connectivity index (χ3v) is 3.37. The van der Waals surface area contributed by atoms with Crippen LogP contribution in [0.3, 0.4) is 0 Å². The van der Waals surface area contributed by atoms with Crippen LogP contribution in [0.2, 0.25) is 0 Å². The van der Waals surface area contributed by atoms with Crippen LogP contribution in [0.1, 0.15) is 26.7 Å². The molecule has 0 aromatic carbocycles. The first-order chi connectivity index (χ1) is 10.8. The Hall–Kier alpha value is -0.640. The van der Waals surface area contributed by atoms with E-state index < -0.39 is 0 Å². The molecule has 0 fully saturated rings. The fourth-order valence-electron chi connectivity index (χ4n) is 2.37. The zero-order chi connectivity index (χ0) is 15.6. The van der Waals surface area contributed by atoms with Crippen LogP contribution in [0, 0.1) is 0 Å². The molecular formula is C18H26I2N2O2. The molecule has 0 unspecified atom stereocenters. The number of hydrogen-bond donors (Lipinski definition) is 0. The van der Waals surface area contributed by atoms with Crippen molar-refractivity contribution >= 4 is 0 Å². The highest BCUT2D eigenvalue weighted by Crippen LogP contribution is 2.06. The van der Waals surface area contributed by atoms with Crippen molar-refractivity contribution < 1.29 is 66.6 Å². The lowest BCUT2D eigenvalue weighted by Gasteiger charge is -2.03. The first-order valence-electron chi connectivity index (χ1n) is 8.05. The van der Waals surface area contributed by atoms with Gasteiger partial charge in [0.2, 0.25) is 12.4 Å². The highest BCUT2D eigenvalue weighted by atomic mass is 127. The molecule has 2 rings (SSSR count). The molecule has 24 heavy (non-hydrogen) atoms. The Balaban J connectivity index is 0.00000264. The maximum absolute atomic E-state index is 5.52. The van der Waals surface area contributed by atoms with E-state index in [0.717, 1.165) is 37.4 Å². The molecule has 134 valence electrons. The molecule has 0 spiro atoms. The lowest BCUT2D eigenvalue weighted by molar-refractivity contribution is -0.708. The van der Waals surface area contributed by atoms with E-state index in [-0.39, 0.29) is 48.0 Å². The van der Waals surface area contributed by atoms with Crippen molar-refractivity contribution in [2.75, 3.05) is 13.2 Å². The van der Waals surface area contributed by atoms with Crippen molar-refractivity contribution in [3.8, 4) is 11.5 Å². The van der Waals surface area contributed by atoms with Crippen LogP contribution >= 0.6 is 0 Å². The van der Waals surface area contributed by atoms with E-state index in [1.807, 2.05) is 38.1 Å². The van der Waals surface area contributed by atoms with Crippen LogP contribution in [-0.4, -0.2) is 13.2 Å². The van der Waals surface area contributed by atoms with Gasteiger partial charge in [-0.3, -0.25) is 0 Å². The third-order valence-electron chi connectivity index (χ3n) is 3.37. The maximum atomic E-state index is 5.52. The summed E-state index contributed by atoms with van der Waals surface area (Å²) in [7, 11) is 0. The molecule has 0 atom stereocenters. The summed E-state index contributed by atoms with van der Waals surface area (Å²) in [4.78, 5) is 0. The third kappa shape index (κ3) is 8.46. The predicted molar refractivity (Wildman–Crippen MR) is 84.8 cm³/mol. The summed E-state index contributed by atoms with van der Waals surface area (Å²) < 4.78 is 15.4. The number of halogens is 2. The number of aromatic nitrogens is 2. The molecule has 0 aliphatic carbocycles. The molecular weight excluding hydrogens is 530 g/mol. The normalized spacial score (nSPS) is 9.58. The lowest BCUT2D eigenvalue weighted by atomic mass is 10.3. The monoisotopic (exact) mass is 556 g/mol. The molecule has 0 saturated carbocycles. The first-order valence-corrected chi connectivity index (χ1v) is 8.05. The molecule has 0 amide bonds. The zero-order valence-electron chi connectivity index (χ0n) is 14.3. The molecule has 2 aromatic rings. The number of rotatable bonds is 9. The number of unbranched alkanes of at least 4 members (excludes halogenated alkanes) is 1. The molecule has 2 aromatic heterocycles. The van der Waals surface area contributed by atoms with Gasteiger partial charge in [0.25, 0.3) is 0 Å². The number of ether oxygens (including phenoxy) is 2. The summed E-state index contributed by atoms with van der Waals surface area (Å²) in [6, 6.07) is 8.06. The van der Waals surface area contributed by atoms with Crippen LogP contribution in [0.4, 0.5) is 0 Å². The van der Waals surface area contributed by atoms with Gasteiger partial charge in [-0.25, -0.2) is 9.13 Å². The average molecular weight is 556 g/mol. The van der Waals surface area contributed by atoms with Gasteiger partial charge in [0.15, 0.2) is 23.9 Å².